The van der Waals surface area contributed by atoms with Crippen LogP contribution in [0.2, 0.25) is 0 Å². The van der Waals surface area contributed by atoms with Gasteiger partial charge in [-0.2, -0.15) is 0 Å². The predicted molar refractivity (Wildman–Crippen MR) is 82.5 cm³/mol. The van der Waals surface area contributed by atoms with Gasteiger partial charge in [-0.25, -0.2) is 8.42 Å². The fraction of sp³-hybridized carbons (Fsp3) is 0.625. The molecule has 1 fully saturated rings. The molecule has 1 unspecified atom stereocenters. The van der Waals surface area contributed by atoms with E-state index >= 15 is 0 Å². The zero-order valence-corrected chi connectivity index (χ0v) is 13.2. The van der Waals surface area contributed by atoms with Crippen molar-refractivity contribution in [1.29, 1.82) is 0 Å². The molecule has 0 saturated heterocycles. The number of benzene rings is 1. The molecule has 0 radical (unpaired) electrons. The maximum atomic E-state index is 11.5. The molecule has 0 amide bonds. The summed E-state index contributed by atoms with van der Waals surface area (Å²) in [6.45, 7) is 3.05. The fourth-order valence-electron chi connectivity index (χ4n) is 3.11. The van der Waals surface area contributed by atoms with Gasteiger partial charge >= 0.3 is 0 Å². The molecule has 1 aliphatic rings. The number of rotatable bonds is 6. The Labute approximate surface area is 122 Å². The van der Waals surface area contributed by atoms with E-state index in [9.17, 15) is 8.42 Å². The van der Waals surface area contributed by atoms with Crippen molar-refractivity contribution in [3.05, 3.63) is 29.8 Å². The molecule has 1 aromatic rings. The third-order valence-electron chi connectivity index (χ3n) is 4.20. The van der Waals surface area contributed by atoms with E-state index in [1.807, 2.05) is 12.1 Å². The third-order valence-corrected chi connectivity index (χ3v) is 5.33. The molecule has 3 nitrogen and oxygen atoms in total. The maximum absolute atomic E-state index is 11.5. The Bertz CT molecular complexity index is 516. The average molecular weight is 295 g/mol. The number of hydrogen-bond donors (Lipinski definition) is 1. The van der Waals surface area contributed by atoms with E-state index in [-0.39, 0.29) is 0 Å². The lowest BCUT2D eigenvalue weighted by Crippen LogP contribution is -2.23. The highest BCUT2D eigenvalue weighted by Crippen LogP contribution is 2.33. The second kappa shape index (κ2) is 6.72. The third kappa shape index (κ3) is 4.06. The summed E-state index contributed by atoms with van der Waals surface area (Å²) in [5.74, 6) is 0.814. The molecule has 0 aromatic heterocycles. The van der Waals surface area contributed by atoms with Crippen LogP contribution in [0.3, 0.4) is 0 Å². The summed E-state index contributed by atoms with van der Waals surface area (Å²) in [6.07, 6.45) is 7.80. The second-order valence-electron chi connectivity index (χ2n) is 5.84. The van der Waals surface area contributed by atoms with Crippen molar-refractivity contribution in [1.82, 2.24) is 5.32 Å². The first-order chi connectivity index (χ1) is 9.50. The molecular weight excluding hydrogens is 270 g/mol. The monoisotopic (exact) mass is 295 g/mol. The van der Waals surface area contributed by atoms with Crippen LogP contribution in [0, 0.1) is 5.92 Å². The molecule has 2 rings (SSSR count). The smallest absolute Gasteiger partial charge is 0.175 e. The van der Waals surface area contributed by atoms with Gasteiger partial charge in [0.25, 0.3) is 0 Å². The Hall–Kier alpha value is -0.870. The summed E-state index contributed by atoms with van der Waals surface area (Å²) in [5, 5.41) is 3.53. The van der Waals surface area contributed by atoms with Gasteiger partial charge in [0.15, 0.2) is 9.84 Å². The SMILES string of the molecule is CCNC(CC1CCCC1)c1ccc(S(C)(=O)=O)cc1. The summed E-state index contributed by atoms with van der Waals surface area (Å²) >= 11 is 0. The lowest BCUT2D eigenvalue weighted by atomic mass is 9.93. The standard InChI is InChI=1S/C16H25NO2S/c1-3-17-16(12-13-6-4-5-7-13)14-8-10-15(11-9-14)20(2,18)19/h8-11,13,16-17H,3-7,12H2,1-2H3. The maximum Gasteiger partial charge on any atom is 0.175 e. The molecule has 20 heavy (non-hydrogen) atoms. The highest BCUT2D eigenvalue weighted by atomic mass is 32.2. The molecule has 1 saturated carbocycles. The number of sulfone groups is 1. The van der Waals surface area contributed by atoms with Crippen molar-refractivity contribution in [2.75, 3.05) is 12.8 Å². The lowest BCUT2D eigenvalue weighted by molar-refractivity contribution is 0.400. The highest BCUT2D eigenvalue weighted by Gasteiger charge is 2.21. The highest BCUT2D eigenvalue weighted by molar-refractivity contribution is 7.90. The van der Waals surface area contributed by atoms with Gasteiger partial charge < -0.3 is 5.32 Å². The zero-order valence-electron chi connectivity index (χ0n) is 12.4. The molecule has 1 N–H and O–H groups in total. The van der Waals surface area contributed by atoms with Crippen LogP contribution in [-0.4, -0.2) is 21.2 Å². The van der Waals surface area contributed by atoms with Crippen molar-refractivity contribution in [3.63, 3.8) is 0 Å². The molecule has 1 aromatic carbocycles. The minimum absolute atomic E-state index is 0.344. The Morgan fingerprint density at radius 2 is 1.80 bits per heavy atom. The van der Waals surface area contributed by atoms with Gasteiger partial charge in [0.1, 0.15) is 0 Å². The van der Waals surface area contributed by atoms with Crippen molar-refractivity contribution < 1.29 is 8.42 Å². The number of hydrogen-bond acceptors (Lipinski definition) is 3. The summed E-state index contributed by atoms with van der Waals surface area (Å²) in [4.78, 5) is 0.400. The van der Waals surface area contributed by atoms with Crippen LogP contribution in [0.5, 0.6) is 0 Å². The Morgan fingerprint density at radius 1 is 1.20 bits per heavy atom. The van der Waals surface area contributed by atoms with E-state index in [1.54, 1.807) is 12.1 Å². The molecule has 0 spiro atoms. The van der Waals surface area contributed by atoms with Crippen molar-refractivity contribution in [2.24, 2.45) is 5.92 Å². The van der Waals surface area contributed by atoms with E-state index in [1.165, 1.54) is 37.5 Å². The van der Waals surface area contributed by atoms with Crippen molar-refractivity contribution in [3.8, 4) is 0 Å². The summed E-state index contributed by atoms with van der Waals surface area (Å²) in [5.41, 5.74) is 1.20. The van der Waals surface area contributed by atoms with Crippen LogP contribution in [0.25, 0.3) is 0 Å². The van der Waals surface area contributed by atoms with Gasteiger partial charge in [0.2, 0.25) is 0 Å². The largest absolute Gasteiger partial charge is 0.310 e. The van der Waals surface area contributed by atoms with Gasteiger partial charge in [0, 0.05) is 12.3 Å². The number of nitrogens with one attached hydrogen (secondary N) is 1. The second-order valence-corrected chi connectivity index (χ2v) is 7.85. The Morgan fingerprint density at radius 3 is 2.30 bits per heavy atom. The molecular formula is C16H25NO2S. The average Bonchev–Trinajstić information content (AvgIpc) is 2.90. The van der Waals surface area contributed by atoms with E-state index < -0.39 is 9.84 Å². The van der Waals surface area contributed by atoms with Gasteiger partial charge in [-0.3, -0.25) is 0 Å². The first-order valence-electron chi connectivity index (χ1n) is 7.54. The van der Waals surface area contributed by atoms with Crippen LogP contribution in [-0.2, 0) is 9.84 Å². The molecule has 112 valence electrons. The lowest BCUT2D eigenvalue weighted by Gasteiger charge is -2.22. The predicted octanol–water partition coefficient (Wildman–Crippen LogP) is 3.32. The minimum atomic E-state index is -3.10. The summed E-state index contributed by atoms with van der Waals surface area (Å²) in [6, 6.07) is 7.71. The van der Waals surface area contributed by atoms with E-state index in [2.05, 4.69) is 12.2 Å². The fourth-order valence-corrected chi connectivity index (χ4v) is 3.74. The van der Waals surface area contributed by atoms with E-state index in [0.717, 1.165) is 18.9 Å². The van der Waals surface area contributed by atoms with Crippen LogP contribution in [0.15, 0.2) is 29.2 Å². The van der Waals surface area contributed by atoms with Crippen LogP contribution < -0.4 is 5.32 Å². The van der Waals surface area contributed by atoms with Gasteiger partial charge in [-0.15, -0.1) is 0 Å². The minimum Gasteiger partial charge on any atom is -0.310 e. The molecule has 0 heterocycles. The topological polar surface area (TPSA) is 46.2 Å². The van der Waals surface area contributed by atoms with E-state index in [4.69, 9.17) is 0 Å². The normalized spacial score (nSPS) is 18.3. The Balaban J connectivity index is 2.12. The molecule has 0 aliphatic heterocycles. The first-order valence-corrected chi connectivity index (χ1v) is 9.43. The van der Waals surface area contributed by atoms with Crippen molar-refractivity contribution in [2.45, 2.75) is 50.0 Å². The van der Waals surface area contributed by atoms with Crippen LogP contribution in [0.1, 0.15) is 50.6 Å². The van der Waals surface area contributed by atoms with Gasteiger partial charge in [-0.05, 0) is 36.6 Å². The van der Waals surface area contributed by atoms with Crippen LogP contribution in [0.4, 0.5) is 0 Å². The van der Waals surface area contributed by atoms with Gasteiger partial charge in [-0.1, -0.05) is 44.7 Å². The Kier molecular flexibility index (Phi) is 5.22. The summed E-state index contributed by atoms with van der Waals surface area (Å²) in [7, 11) is -3.10. The van der Waals surface area contributed by atoms with E-state index in [0.29, 0.717) is 10.9 Å². The first kappa shape index (κ1) is 15.5. The van der Waals surface area contributed by atoms with Gasteiger partial charge in [0.05, 0.1) is 4.90 Å². The summed E-state index contributed by atoms with van der Waals surface area (Å²) < 4.78 is 23.0. The van der Waals surface area contributed by atoms with Crippen LogP contribution >= 0.6 is 0 Å². The quantitative estimate of drug-likeness (QED) is 0.875. The molecule has 4 heteroatoms. The molecule has 1 atom stereocenters. The molecule has 1 aliphatic carbocycles. The molecule has 0 bridgehead atoms. The zero-order chi connectivity index (χ0) is 14.6. The van der Waals surface area contributed by atoms with Crippen molar-refractivity contribution >= 4 is 9.84 Å².